The van der Waals surface area contributed by atoms with E-state index in [4.69, 9.17) is 10.5 Å². The molecule has 1 fully saturated rings. The first-order valence-electron chi connectivity index (χ1n) is 13.3. The third-order valence-electron chi connectivity index (χ3n) is 6.79. The van der Waals surface area contributed by atoms with Crippen molar-refractivity contribution in [3.63, 3.8) is 0 Å². The van der Waals surface area contributed by atoms with Gasteiger partial charge in [0, 0.05) is 36.6 Å². The molecular formula is C28H34FN9O2. The number of hydrogen-bond donors (Lipinski definition) is 4. The van der Waals surface area contributed by atoms with Crippen molar-refractivity contribution in [3.8, 4) is 5.75 Å². The number of nitrogens with one attached hydrogen (secondary N) is 3. The number of rotatable bonds is 10. The summed E-state index contributed by atoms with van der Waals surface area (Å²) >= 11 is 0. The number of fused-ring (bicyclic) bond motifs is 1. The summed E-state index contributed by atoms with van der Waals surface area (Å²) < 4.78 is 21.4. The van der Waals surface area contributed by atoms with Crippen molar-refractivity contribution in [3.05, 3.63) is 66.5 Å². The van der Waals surface area contributed by atoms with Gasteiger partial charge in [0.05, 0.1) is 23.8 Å². The topological polar surface area (TPSA) is 135 Å². The van der Waals surface area contributed by atoms with E-state index in [1.165, 1.54) is 23.0 Å². The number of anilines is 4. The van der Waals surface area contributed by atoms with Gasteiger partial charge in [-0.05, 0) is 70.1 Å². The van der Waals surface area contributed by atoms with Gasteiger partial charge in [0.25, 0.3) is 5.91 Å². The highest BCUT2D eigenvalue weighted by molar-refractivity contribution is 6.03. The molecule has 12 heteroatoms. The van der Waals surface area contributed by atoms with Crippen LogP contribution >= 0.6 is 0 Å². The Balaban J connectivity index is 1.42. The molecule has 0 bridgehead atoms. The molecule has 1 saturated carbocycles. The van der Waals surface area contributed by atoms with E-state index >= 15 is 0 Å². The standard InChI is InChI=1S/C28H34FN9O2/c1-37(2)13-14-40-21-9-7-19(8-10-21)33-24-15-26(34-20-5-3-18(30)4-6-20)36-38-25(17-32-27(24)38)28(39)35-23-11-12-31-16-22(23)29/h7-12,15-18,20,33H,3-6,13-14,30H2,1-2H3,(H,34,36)(H,31,35,39)/t18-,20-. The zero-order chi connectivity index (χ0) is 28.1. The molecule has 0 saturated heterocycles. The van der Waals surface area contributed by atoms with Gasteiger partial charge in [0.2, 0.25) is 0 Å². The average molecular weight is 548 g/mol. The van der Waals surface area contributed by atoms with Gasteiger partial charge in [0.15, 0.2) is 17.2 Å². The first-order chi connectivity index (χ1) is 19.4. The Kier molecular flexibility index (Phi) is 8.37. The number of carbonyl (C=O) groups excluding carboxylic acids is 1. The lowest BCUT2D eigenvalue weighted by molar-refractivity contribution is 0.102. The number of likely N-dealkylation sites (N-methyl/N-ethyl adjacent to an activating group) is 1. The Morgan fingerprint density at radius 2 is 1.90 bits per heavy atom. The second-order valence-corrected chi connectivity index (χ2v) is 10.2. The molecule has 0 aliphatic heterocycles. The fraction of sp³-hybridized carbons (Fsp3) is 0.357. The van der Waals surface area contributed by atoms with Crippen LogP contribution in [0.2, 0.25) is 0 Å². The number of benzene rings is 1. The van der Waals surface area contributed by atoms with Crippen LogP contribution in [-0.2, 0) is 0 Å². The normalized spacial score (nSPS) is 17.1. The Labute approximate surface area is 231 Å². The molecule has 210 valence electrons. The minimum Gasteiger partial charge on any atom is -0.492 e. The molecular weight excluding hydrogens is 513 g/mol. The molecule has 4 aromatic rings. The summed E-state index contributed by atoms with van der Waals surface area (Å²) in [4.78, 5) is 23.4. The average Bonchev–Trinajstić information content (AvgIpc) is 3.37. The Morgan fingerprint density at radius 1 is 1.12 bits per heavy atom. The number of amides is 1. The largest absolute Gasteiger partial charge is 0.492 e. The number of halogens is 1. The van der Waals surface area contributed by atoms with Crippen LogP contribution in [0, 0.1) is 5.82 Å². The maximum absolute atomic E-state index is 14.1. The third kappa shape index (κ3) is 6.64. The van der Waals surface area contributed by atoms with Crippen LogP contribution in [0.25, 0.3) is 5.65 Å². The van der Waals surface area contributed by atoms with Crippen molar-refractivity contribution in [1.82, 2.24) is 24.5 Å². The van der Waals surface area contributed by atoms with Gasteiger partial charge in [-0.1, -0.05) is 0 Å². The Hall–Kier alpha value is -4.29. The van der Waals surface area contributed by atoms with Crippen molar-refractivity contribution in [2.75, 3.05) is 43.2 Å². The highest BCUT2D eigenvalue weighted by atomic mass is 19.1. The monoisotopic (exact) mass is 547 g/mol. The van der Waals surface area contributed by atoms with Crippen LogP contribution in [0.1, 0.15) is 36.2 Å². The van der Waals surface area contributed by atoms with E-state index in [0.717, 1.165) is 49.9 Å². The van der Waals surface area contributed by atoms with Crippen LogP contribution < -0.4 is 26.4 Å². The quantitative estimate of drug-likeness (QED) is 0.233. The predicted octanol–water partition coefficient (Wildman–Crippen LogP) is 3.88. The lowest BCUT2D eigenvalue weighted by Gasteiger charge is -2.27. The van der Waals surface area contributed by atoms with Crippen molar-refractivity contribution in [1.29, 1.82) is 0 Å². The highest BCUT2D eigenvalue weighted by Crippen LogP contribution is 2.28. The molecule has 0 atom stereocenters. The molecule has 1 aromatic carbocycles. The van der Waals surface area contributed by atoms with Gasteiger partial charge in [-0.2, -0.15) is 0 Å². The van der Waals surface area contributed by atoms with Crippen LogP contribution in [0.3, 0.4) is 0 Å². The molecule has 1 aliphatic rings. The number of carbonyl (C=O) groups is 1. The molecule has 1 aliphatic carbocycles. The zero-order valence-corrected chi connectivity index (χ0v) is 22.6. The maximum atomic E-state index is 14.1. The van der Waals surface area contributed by atoms with Crippen LogP contribution in [0.15, 0.2) is 55.0 Å². The summed E-state index contributed by atoms with van der Waals surface area (Å²) in [7, 11) is 4.00. The van der Waals surface area contributed by atoms with Gasteiger partial charge < -0.3 is 31.3 Å². The van der Waals surface area contributed by atoms with Crippen molar-refractivity contribution >= 4 is 34.4 Å². The number of nitrogens with zero attached hydrogens (tertiary/aromatic N) is 5. The minimum absolute atomic E-state index is 0.0222. The molecule has 3 aromatic heterocycles. The first kappa shape index (κ1) is 27.3. The highest BCUT2D eigenvalue weighted by Gasteiger charge is 2.22. The van der Waals surface area contributed by atoms with Crippen molar-refractivity contribution in [2.45, 2.75) is 37.8 Å². The maximum Gasteiger partial charge on any atom is 0.276 e. The number of ether oxygens (including phenoxy) is 1. The summed E-state index contributed by atoms with van der Waals surface area (Å²) in [5.41, 5.74) is 8.18. The van der Waals surface area contributed by atoms with Crippen LogP contribution in [-0.4, -0.2) is 69.7 Å². The number of aromatic nitrogens is 4. The van der Waals surface area contributed by atoms with Crippen molar-refractivity contribution < 1.29 is 13.9 Å². The second kappa shape index (κ2) is 12.3. The predicted molar refractivity (Wildman–Crippen MR) is 153 cm³/mol. The fourth-order valence-corrected chi connectivity index (χ4v) is 4.56. The summed E-state index contributed by atoms with van der Waals surface area (Å²) in [5, 5.41) is 14.2. The Bertz CT molecular complexity index is 1450. The molecule has 0 spiro atoms. The summed E-state index contributed by atoms with van der Waals surface area (Å²) in [6.45, 7) is 1.41. The van der Waals surface area contributed by atoms with E-state index < -0.39 is 11.7 Å². The van der Waals surface area contributed by atoms with E-state index in [9.17, 15) is 9.18 Å². The molecule has 1 amide bonds. The summed E-state index contributed by atoms with van der Waals surface area (Å²) in [6, 6.07) is 11.3. The number of nitrogens with two attached hydrogens (primary N) is 1. The second-order valence-electron chi connectivity index (χ2n) is 10.2. The fourth-order valence-electron chi connectivity index (χ4n) is 4.56. The number of pyridine rings is 1. The lowest BCUT2D eigenvalue weighted by Crippen LogP contribution is -2.33. The summed E-state index contributed by atoms with van der Waals surface area (Å²) in [5.74, 6) is 0.178. The molecule has 3 heterocycles. The van der Waals surface area contributed by atoms with E-state index in [-0.39, 0.29) is 23.5 Å². The molecule has 0 radical (unpaired) electrons. The molecule has 5 N–H and O–H groups in total. The SMILES string of the molecule is CN(C)CCOc1ccc(Nc2cc(N[C@H]3CC[C@H](N)CC3)nn3c(C(=O)Nc4ccncc4F)cnc23)cc1. The van der Waals surface area contributed by atoms with E-state index in [1.807, 2.05) is 44.4 Å². The van der Waals surface area contributed by atoms with E-state index in [0.29, 0.717) is 23.8 Å². The van der Waals surface area contributed by atoms with Gasteiger partial charge in [-0.25, -0.2) is 13.9 Å². The van der Waals surface area contributed by atoms with Crippen LogP contribution in [0.4, 0.5) is 27.3 Å². The molecule has 40 heavy (non-hydrogen) atoms. The van der Waals surface area contributed by atoms with Gasteiger partial charge in [-0.3, -0.25) is 9.78 Å². The number of imidazole rings is 1. The van der Waals surface area contributed by atoms with Gasteiger partial charge >= 0.3 is 0 Å². The molecule has 0 unspecified atom stereocenters. The third-order valence-corrected chi connectivity index (χ3v) is 6.79. The lowest BCUT2D eigenvalue weighted by atomic mass is 9.92. The van der Waals surface area contributed by atoms with Gasteiger partial charge in [0.1, 0.15) is 18.2 Å². The summed E-state index contributed by atoms with van der Waals surface area (Å²) in [6.07, 6.45) is 7.60. The Morgan fingerprint density at radius 3 is 2.62 bits per heavy atom. The minimum atomic E-state index is -0.632. The molecule has 11 nitrogen and oxygen atoms in total. The van der Waals surface area contributed by atoms with E-state index in [1.54, 1.807) is 0 Å². The number of hydrogen-bond acceptors (Lipinski definition) is 9. The first-order valence-corrected chi connectivity index (χ1v) is 13.3. The van der Waals surface area contributed by atoms with Crippen molar-refractivity contribution in [2.24, 2.45) is 5.73 Å². The molecule has 5 rings (SSSR count). The smallest absolute Gasteiger partial charge is 0.276 e. The van der Waals surface area contributed by atoms with Gasteiger partial charge in [-0.15, -0.1) is 5.10 Å². The van der Waals surface area contributed by atoms with Crippen LogP contribution in [0.5, 0.6) is 5.75 Å². The van der Waals surface area contributed by atoms with E-state index in [2.05, 4.69) is 35.9 Å². The zero-order valence-electron chi connectivity index (χ0n) is 22.6.